The summed E-state index contributed by atoms with van der Waals surface area (Å²) in [5.74, 6) is 0.295. The number of rotatable bonds is 6. The third-order valence-electron chi connectivity index (χ3n) is 5.51. The molecular weight excluding hydrogens is 376 g/mol. The highest BCUT2D eigenvalue weighted by atomic mass is 16.4. The van der Waals surface area contributed by atoms with Crippen molar-refractivity contribution in [2.24, 2.45) is 0 Å². The van der Waals surface area contributed by atoms with E-state index in [1.54, 1.807) is 0 Å². The standard InChI is InChI=1S/C24H28N4O2/c1-18-11-13-20(14-12-18)22(29)25-21(17-19-9-5-4-6-10-19)23-26-27-24(30-23)28-15-7-2-3-8-16-28/h4-6,9-14,21H,2-3,7-8,15-17H2,1H3,(H,25,29). The van der Waals surface area contributed by atoms with Gasteiger partial charge in [0, 0.05) is 25.1 Å². The fraction of sp³-hybridized carbons (Fsp3) is 0.375. The Bertz CT molecular complexity index is 945. The van der Waals surface area contributed by atoms with Crippen LogP contribution in [0.5, 0.6) is 0 Å². The van der Waals surface area contributed by atoms with Gasteiger partial charge in [-0.2, -0.15) is 0 Å². The van der Waals surface area contributed by atoms with Gasteiger partial charge in [-0.05, 0) is 37.5 Å². The van der Waals surface area contributed by atoms with Crippen molar-refractivity contribution in [1.29, 1.82) is 0 Å². The van der Waals surface area contributed by atoms with Gasteiger partial charge in [0.2, 0.25) is 5.89 Å². The molecule has 1 amide bonds. The van der Waals surface area contributed by atoms with Gasteiger partial charge in [-0.25, -0.2) is 0 Å². The Morgan fingerprint density at radius 2 is 1.70 bits per heavy atom. The van der Waals surface area contributed by atoms with Crippen LogP contribution in [0.15, 0.2) is 59.0 Å². The molecule has 1 atom stereocenters. The summed E-state index contributed by atoms with van der Waals surface area (Å²) >= 11 is 0. The lowest BCUT2D eigenvalue weighted by molar-refractivity contribution is 0.0930. The van der Waals surface area contributed by atoms with Gasteiger partial charge in [0.15, 0.2) is 0 Å². The molecule has 0 radical (unpaired) electrons. The number of amides is 1. The minimum Gasteiger partial charge on any atom is -0.406 e. The van der Waals surface area contributed by atoms with Crippen LogP contribution in [0.25, 0.3) is 0 Å². The molecule has 2 heterocycles. The summed E-state index contributed by atoms with van der Waals surface area (Å²) in [6.07, 6.45) is 5.33. The van der Waals surface area contributed by atoms with Crippen molar-refractivity contribution in [3.05, 3.63) is 77.2 Å². The van der Waals surface area contributed by atoms with E-state index in [0.29, 0.717) is 23.9 Å². The molecule has 156 valence electrons. The van der Waals surface area contributed by atoms with Crippen molar-refractivity contribution < 1.29 is 9.21 Å². The fourth-order valence-corrected chi connectivity index (χ4v) is 3.75. The Hall–Kier alpha value is -3.15. The summed E-state index contributed by atoms with van der Waals surface area (Å²) in [6.45, 7) is 3.87. The second-order valence-corrected chi connectivity index (χ2v) is 7.91. The molecule has 1 fully saturated rings. The van der Waals surface area contributed by atoms with Crippen molar-refractivity contribution in [3.8, 4) is 0 Å². The molecule has 4 rings (SSSR count). The SMILES string of the molecule is Cc1ccc(C(=O)NC(Cc2ccccc2)c2nnc(N3CCCCCC3)o2)cc1. The zero-order valence-corrected chi connectivity index (χ0v) is 17.4. The Kier molecular flexibility index (Phi) is 6.42. The molecule has 0 spiro atoms. The summed E-state index contributed by atoms with van der Waals surface area (Å²) < 4.78 is 6.06. The van der Waals surface area contributed by atoms with Crippen LogP contribution in [0, 0.1) is 6.92 Å². The van der Waals surface area contributed by atoms with E-state index >= 15 is 0 Å². The number of nitrogens with zero attached hydrogens (tertiary/aromatic N) is 3. The maximum Gasteiger partial charge on any atom is 0.318 e. The van der Waals surface area contributed by atoms with Gasteiger partial charge in [0.1, 0.15) is 6.04 Å². The number of anilines is 1. The van der Waals surface area contributed by atoms with E-state index in [-0.39, 0.29) is 5.91 Å². The topological polar surface area (TPSA) is 71.3 Å². The van der Waals surface area contributed by atoms with Crippen LogP contribution in [0.3, 0.4) is 0 Å². The molecule has 0 saturated carbocycles. The number of nitrogens with one attached hydrogen (secondary N) is 1. The van der Waals surface area contributed by atoms with Crippen LogP contribution in [-0.4, -0.2) is 29.2 Å². The van der Waals surface area contributed by atoms with Crippen LogP contribution in [-0.2, 0) is 6.42 Å². The second kappa shape index (κ2) is 9.57. The number of hydrogen-bond donors (Lipinski definition) is 1. The third kappa shape index (κ3) is 5.06. The number of aromatic nitrogens is 2. The van der Waals surface area contributed by atoms with E-state index in [1.165, 1.54) is 12.8 Å². The van der Waals surface area contributed by atoms with Gasteiger partial charge in [0.25, 0.3) is 5.91 Å². The van der Waals surface area contributed by atoms with Gasteiger partial charge in [0.05, 0.1) is 0 Å². The molecule has 1 unspecified atom stereocenters. The first-order chi connectivity index (χ1) is 14.7. The molecule has 1 aliphatic rings. The van der Waals surface area contributed by atoms with E-state index in [1.807, 2.05) is 61.5 Å². The molecule has 1 aliphatic heterocycles. The lowest BCUT2D eigenvalue weighted by Crippen LogP contribution is -2.30. The normalized spacial score (nSPS) is 15.4. The number of carbonyl (C=O) groups is 1. The highest BCUT2D eigenvalue weighted by Crippen LogP contribution is 2.23. The minimum atomic E-state index is -0.394. The van der Waals surface area contributed by atoms with Gasteiger partial charge >= 0.3 is 6.01 Å². The molecule has 1 aromatic heterocycles. The minimum absolute atomic E-state index is 0.148. The Balaban J connectivity index is 1.55. The quantitative estimate of drug-likeness (QED) is 0.656. The molecule has 1 saturated heterocycles. The van der Waals surface area contributed by atoms with Gasteiger partial charge in [-0.1, -0.05) is 66.0 Å². The summed E-state index contributed by atoms with van der Waals surface area (Å²) in [4.78, 5) is 15.0. The van der Waals surface area contributed by atoms with Crippen molar-refractivity contribution in [1.82, 2.24) is 15.5 Å². The first-order valence-electron chi connectivity index (χ1n) is 10.7. The fourth-order valence-electron chi connectivity index (χ4n) is 3.75. The Morgan fingerprint density at radius 1 is 1.00 bits per heavy atom. The lowest BCUT2D eigenvalue weighted by atomic mass is 10.0. The summed E-state index contributed by atoms with van der Waals surface area (Å²) in [6, 6.07) is 17.7. The molecular formula is C24H28N4O2. The van der Waals surface area contributed by atoms with Crippen molar-refractivity contribution in [2.45, 2.75) is 45.1 Å². The van der Waals surface area contributed by atoms with Crippen molar-refractivity contribution in [2.75, 3.05) is 18.0 Å². The molecule has 6 heteroatoms. The zero-order valence-electron chi connectivity index (χ0n) is 17.4. The van der Waals surface area contributed by atoms with Gasteiger partial charge in [-0.15, -0.1) is 5.10 Å². The molecule has 30 heavy (non-hydrogen) atoms. The largest absolute Gasteiger partial charge is 0.406 e. The number of aryl methyl sites for hydroxylation is 1. The molecule has 0 aliphatic carbocycles. The van der Waals surface area contributed by atoms with Crippen molar-refractivity contribution >= 4 is 11.9 Å². The van der Waals surface area contributed by atoms with E-state index in [4.69, 9.17) is 4.42 Å². The van der Waals surface area contributed by atoms with Crippen LogP contribution >= 0.6 is 0 Å². The Morgan fingerprint density at radius 3 is 2.40 bits per heavy atom. The van der Waals surface area contributed by atoms with Crippen LogP contribution in [0.2, 0.25) is 0 Å². The van der Waals surface area contributed by atoms with Crippen LogP contribution in [0.4, 0.5) is 6.01 Å². The predicted octanol–water partition coefficient (Wildman–Crippen LogP) is 4.47. The summed E-state index contributed by atoms with van der Waals surface area (Å²) in [7, 11) is 0. The molecule has 3 aromatic rings. The van der Waals surface area contributed by atoms with E-state index < -0.39 is 6.04 Å². The highest BCUT2D eigenvalue weighted by Gasteiger charge is 2.24. The monoisotopic (exact) mass is 404 g/mol. The number of benzene rings is 2. The number of carbonyl (C=O) groups excluding carboxylic acids is 1. The average Bonchev–Trinajstić information content (AvgIpc) is 3.10. The maximum atomic E-state index is 12.9. The second-order valence-electron chi connectivity index (χ2n) is 7.91. The van der Waals surface area contributed by atoms with Gasteiger partial charge in [-0.3, -0.25) is 4.79 Å². The van der Waals surface area contributed by atoms with E-state index in [0.717, 1.165) is 37.1 Å². The Labute approximate surface area is 177 Å². The number of hydrogen-bond acceptors (Lipinski definition) is 5. The summed E-state index contributed by atoms with van der Waals surface area (Å²) in [5, 5.41) is 11.7. The molecule has 2 aromatic carbocycles. The summed E-state index contributed by atoms with van der Waals surface area (Å²) in [5.41, 5.74) is 2.83. The first kappa shape index (κ1) is 20.1. The van der Waals surface area contributed by atoms with E-state index in [9.17, 15) is 4.79 Å². The zero-order chi connectivity index (χ0) is 20.8. The lowest BCUT2D eigenvalue weighted by Gasteiger charge is -2.18. The van der Waals surface area contributed by atoms with Gasteiger partial charge < -0.3 is 14.6 Å². The van der Waals surface area contributed by atoms with Crippen molar-refractivity contribution in [3.63, 3.8) is 0 Å². The van der Waals surface area contributed by atoms with Crippen LogP contribution in [0.1, 0.15) is 59.1 Å². The highest BCUT2D eigenvalue weighted by molar-refractivity contribution is 5.94. The molecule has 6 nitrogen and oxygen atoms in total. The first-order valence-corrected chi connectivity index (χ1v) is 10.7. The smallest absolute Gasteiger partial charge is 0.318 e. The molecule has 0 bridgehead atoms. The third-order valence-corrected chi connectivity index (χ3v) is 5.51. The average molecular weight is 405 g/mol. The van der Waals surface area contributed by atoms with E-state index in [2.05, 4.69) is 20.4 Å². The maximum absolute atomic E-state index is 12.9. The predicted molar refractivity (Wildman–Crippen MR) is 117 cm³/mol. The molecule has 1 N–H and O–H groups in total. The van der Waals surface area contributed by atoms with Crippen LogP contribution < -0.4 is 10.2 Å².